The number of phenolic OH excluding ortho intramolecular Hbond substituents is 2. The highest BCUT2D eigenvalue weighted by Gasteiger charge is 2.25. The monoisotopic (exact) mass is 461 g/mol. The van der Waals surface area contributed by atoms with Crippen molar-refractivity contribution in [3.8, 4) is 11.5 Å². The van der Waals surface area contributed by atoms with Gasteiger partial charge in [0, 0.05) is 15.6 Å². The molecule has 3 aromatic carbocycles. The first-order valence-corrected chi connectivity index (χ1v) is 10.0. The molecule has 0 saturated carbocycles. The Morgan fingerprint density at radius 1 is 0.933 bits per heavy atom. The fourth-order valence-electron chi connectivity index (χ4n) is 3.66. The Morgan fingerprint density at radius 2 is 1.77 bits per heavy atom. The fraction of sp³-hybridized carbons (Fsp3) is 0.0455. The molecule has 2 heterocycles. The second-order valence-electron chi connectivity index (χ2n) is 6.82. The van der Waals surface area contributed by atoms with E-state index in [1.165, 1.54) is 6.33 Å². The minimum Gasteiger partial charge on any atom is -0.508 e. The number of H-pyrrole nitrogens is 1. The van der Waals surface area contributed by atoms with Crippen LogP contribution in [0.3, 0.4) is 0 Å². The summed E-state index contributed by atoms with van der Waals surface area (Å²) >= 11 is 3.48. The quantitative estimate of drug-likeness (QED) is 0.303. The lowest BCUT2D eigenvalue weighted by Crippen LogP contribution is -2.15. The molecule has 1 atom stereocenters. The van der Waals surface area contributed by atoms with Gasteiger partial charge < -0.3 is 20.5 Å². The van der Waals surface area contributed by atoms with Gasteiger partial charge in [0.1, 0.15) is 23.3 Å². The number of hydrogen-bond acceptors (Lipinski definition) is 6. The van der Waals surface area contributed by atoms with Crippen LogP contribution in [0.5, 0.6) is 11.5 Å². The summed E-state index contributed by atoms with van der Waals surface area (Å²) in [6.45, 7) is 0. The second kappa shape index (κ2) is 7.31. The molecule has 0 saturated heterocycles. The summed E-state index contributed by atoms with van der Waals surface area (Å²) in [7, 11) is 0. The van der Waals surface area contributed by atoms with Crippen LogP contribution in [0.25, 0.3) is 21.9 Å². The highest BCUT2D eigenvalue weighted by atomic mass is 79.9. The third-order valence-corrected chi connectivity index (χ3v) is 5.53. The Hall–Kier alpha value is -3.65. The van der Waals surface area contributed by atoms with Gasteiger partial charge in [-0.3, -0.25) is 0 Å². The summed E-state index contributed by atoms with van der Waals surface area (Å²) in [5.74, 6) is 0.715. The molecule has 0 bridgehead atoms. The first-order valence-electron chi connectivity index (χ1n) is 9.21. The average Bonchev–Trinajstić information content (AvgIpc) is 3.24. The molecule has 8 heteroatoms. The van der Waals surface area contributed by atoms with E-state index in [1.807, 2.05) is 36.4 Å². The number of benzene rings is 3. The molecule has 0 aliphatic carbocycles. The molecular weight excluding hydrogens is 446 g/mol. The zero-order valence-electron chi connectivity index (χ0n) is 15.5. The van der Waals surface area contributed by atoms with E-state index in [0.717, 1.165) is 15.2 Å². The lowest BCUT2D eigenvalue weighted by Gasteiger charge is -2.24. The molecule has 7 nitrogen and oxygen atoms in total. The van der Waals surface area contributed by atoms with Crippen molar-refractivity contribution in [1.29, 1.82) is 0 Å². The largest absolute Gasteiger partial charge is 0.508 e. The molecule has 5 aromatic rings. The van der Waals surface area contributed by atoms with Gasteiger partial charge in [-0.15, -0.1) is 0 Å². The molecular formula is C22H16BrN5O2. The number of nitrogens with zero attached hydrogens (tertiary/aromatic N) is 3. The Bertz CT molecular complexity index is 1380. The van der Waals surface area contributed by atoms with E-state index < -0.39 is 6.04 Å². The topological polar surface area (TPSA) is 107 Å². The molecule has 0 spiro atoms. The molecule has 0 aliphatic rings. The van der Waals surface area contributed by atoms with Gasteiger partial charge in [0.05, 0.1) is 12.4 Å². The van der Waals surface area contributed by atoms with Crippen LogP contribution in [0.2, 0.25) is 0 Å². The number of aromatic hydroxyl groups is 2. The number of aromatic nitrogens is 4. The van der Waals surface area contributed by atoms with E-state index >= 15 is 0 Å². The van der Waals surface area contributed by atoms with Gasteiger partial charge in [0.2, 0.25) is 0 Å². The minimum atomic E-state index is -0.602. The van der Waals surface area contributed by atoms with Gasteiger partial charge in [0.25, 0.3) is 0 Å². The number of hydrogen-bond donors (Lipinski definition) is 4. The smallest absolute Gasteiger partial charge is 0.182 e. The van der Waals surface area contributed by atoms with Crippen LogP contribution in [-0.4, -0.2) is 30.1 Å². The number of rotatable bonds is 4. The zero-order valence-corrected chi connectivity index (χ0v) is 17.1. The Labute approximate surface area is 179 Å². The van der Waals surface area contributed by atoms with E-state index in [2.05, 4.69) is 41.2 Å². The predicted octanol–water partition coefficient (Wildman–Crippen LogP) is 4.88. The number of halogens is 1. The van der Waals surface area contributed by atoms with Crippen molar-refractivity contribution in [2.45, 2.75) is 6.04 Å². The molecule has 5 rings (SSSR count). The van der Waals surface area contributed by atoms with Crippen LogP contribution < -0.4 is 5.32 Å². The summed E-state index contributed by atoms with van der Waals surface area (Å²) in [4.78, 5) is 15.7. The van der Waals surface area contributed by atoms with Crippen LogP contribution in [0.4, 0.5) is 5.82 Å². The van der Waals surface area contributed by atoms with Crippen molar-refractivity contribution >= 4 is 43.7 Å². The van der Waals surface area contributed by atoms with Crippen LogP contribution >= 0.6 is 15.9 Å². The summed E-state index contributed by atoms with van der Waals surface area (Å²) < 4.78 is 0.802. The molecule has 1 unspecified atom stereocenters. The normalized spacial score (nSPS) is 12.3. The third-order valence-electron chi connectivity index (χ3n) is 5.04. The van der Waals surface area contributed by atoms with Gasteiger partial charge in [-0.25, -0.2) is 15.0 Å². The van der Waals surface area contributed by atoms with Crippen LogP contribution in [0.15, 0.2) is 71.7 Å². The highest BCUT2D eigenvalue weighted by molar-refractivity contribution is 9.10. The molecule has 0 radical (unpaired) electrons. The van der Waals surface area contributed by atoms with Gasteiger partial charge >= 0.3 is 0 Å². The maximum absolute atomic E-state index is 10.9. The first-order chi connectivity index (χ1) is 14.6. The number of anilines is 1. The summed E-state index contributed by atoms with van der Waals surface area (Å²) in [6, 6.07) is 15.9. The van der Waals surface area contributed by atoms with Crippen LogP contribution in [0, 0.1) is 0 Å². The van der Waals surface area contributed by atoms with Gasteiger partial charge in [-0.1, -0.05) is 46.3 Å². The minimum absolute atomic E-state index is 0.0953. The van der Waals surface area contributed by atoms with E-state index in [4.69, 9.17) is 0 Å². The maximum Gasteiger partial charge on any atom is 0.182 e. The van der Waals surface area contributed by atoms with Crippen molar-refractivity contribution in [2.24, 2.45) is 0 Å². The molecule has 0 fully saturated rings. The average molecular weight is 462 g/mol. The molecule has 2 aromatic heterocycles. The molecule has 0 amide bonds. The van der Waals surface area contributed by atoms with E-state index in [-0.39, 0.29) is 11.5 Å². The number of fused-ring (bicyclic) bond motifs is 2. The van der Waals surface area contributed by atoms with Crippen molar-refractivity contribution < 1.29 is 10.2 Å². The number of imidazole rings is 1. The van der Waals surface area contributed by atoms with Crippen molar-refractivity contribution in [2.75, 3.05) is 5.32 Å². The highest BCUT2D eigenvalue weighted by Crippen LogP contribution is 2.41. The summed E-state index contributed by atoms with van der Waals surface area (Å²) in [6.07, 6.45) is 2.97. The van der Waals surface area contributed by atoms with Crippen LogP contribution in [0.1, 0.15) is 17.2 Å². The molecule has 148 valence electrons. The zero-order chi connectivity index (χ0) is 20.7. The lowest BCUT2D eigenvalue weighted by atomic mass is 9.92. The lowest BCUT2D eigenvalue weighted by molar-refractivity contribution is 0.458. The van der Waals surface area contributed by atoms with Crippen molar-refractivity contribution in [3.05, 3.63) is 82.9 Å². The van der Waals surface area contributed by atoms with Crippen LogP contribution in [-0.2, 0) is 0 Å². The molecule has 4 N–H and O–H groups in total. The second-order valence-corrected chi connectivity index (χ2v) is 7.74. The fourth-order valence-corrected chi connectivity index (χ4v) is 4.04. The number of aromatic amines is 1. The van der Waals surface area contributed by atoms with E-state index in [1.54, 1.807) is 24.5 Å². The maximum atomic E-state index is 10.9. The van der Waals surface area contributed by atoms with Gasteiger partial charge in [0.15, 0.2) is 11.5 Å². The Morgan fingerprint density at radius 3 is 2.67 bits per heavy atom. The number of nitrogens with one attached hydrogen (secondary N) is 2. The van der Waals surface area contributed by atoms with Crippen molar-refractivity contribution in [3.63, 3.8) is 0 Å². The predicted molar refractivity (Wildman–Crippen MR) is 119 cm³/mol. The Kier molecular flexibility index (Phi) is 4.48. The van der Waals surface area contributed by atoms with Gasteiger partial charge in [-0.2, -0.15) is 0 Å². The first kappa shape index (κ1) is 18.4. The SMILES string of the molecule is Oc1ccc(Br)cc1C(Nc1ncnc2nc[nH]c12)c1c(O)ccc2ccccc12. The van der Waals surface area contributed by atoms with Crippen molar-refractivity contribution in [1.82, 2.24) is 19.9 Å². The Balaban J connectivity index is 1.77. The summed E-state index contributed by atoms with van der Waals surface area (Å²) in [5.41, 5.74) is 2.37. The standard InChI is InChI=1S/C22H16BrN5O2/c23-13-6-8-16(29)15(9-13)19(28-22-20-21(25-10-24-20)26-11-27-22)18-14-4-2-1-3-12(14)5-7-17(18)30/h1-11,19,29-30H,(H2,24,25,26,27,28). The molecule has 0 aliphatic heterocycles. The number of phenols is 2. The summed E-state index contributed by atoms with van der Waals surface area (Å²) in [5, 5.41) is 26.8. The van der Waals surface area contributed by atoms with Gasteiger partial charge in [-0.05, 0) is 35.0 Å². The third kappa shape index (κ3) is 3.11. The van der Waals surface area contributed by atoms with E-state index in [0.29, 0.717) is 28.1 Å². The van der Waals surface area contributed by atoms with E-state index in [9.17, 15) is 10.2 Å². The molecule has 30 heavy (non-hydrogen) atoms.